The first-order valence-corrected chi connectivity index (χ1v) is 6.29. The largest absolute Gasteiger partial charge is 0.430 e. The molecule has 0 bridgehead atoms. The third-order valence-electron chi connectivity index (χ3n) is 2.17. The molecule has 0 aliphatic carbocycles. The molecule has 2 rings (SSSR count). The zero-order valence-electron chi connectivity index (χ0n) is 9.71. The van der Waals surface area contributed by atoms with Crippen LogP contribution < -0.4 is 16.0 Å². The van der Waals surface area contributed by atoms with Gasteiger partial charge in [-0.3, -0.25) is 15.5 Å². The van der Waals surface area contributed by atoms with E-state index in [9.17, 15) is 10.1 Å². The summed E-state index contributed by atoms with van der Waals surface area (Å²) in [6.07, 6.45) is 1.40. The lowest BCUT2D eigenvalue weighted by atomic mass is 10.3. The van der Waals surface area contributed by atoms with Crippen molar-refractivity contribution < 1.29 is 9.66 Å². The molecule has 10 heteroatoms. The Morgan fingerprint density at radius 1 is 1.50 bits per heavy atom. The average Bonchev–Trinajstić information content (AvgIpc) is 2.41. The third kappa shape index (κ3) is 3.13. The van der Waals surface area contributed by atoms with Gasteiger partial charge in [0.2, 0.25) is 17.6 Å². The second-order valence-corrected chi connectivity index (χ2v) is 4.75. The Balaban J connectivity index is 2.43. The predicted molar refractivity (Wildman–Crippen MR) is 75.7 cm³/mol. The van der Waals surface area contributed by atoms with E-state index in [1.54, 1.807) is 0 Å². The average molecular weight is 361 g/mol. The van der Waals surface area contributed by atoms with Gasteiger partial charge in [-0.25, -0.2) is 10.8 Å². The maximum Gasteiger partial charge on any atom is 0.311 e. The van der Waals surface area contributed by atoms with Crippen LogP contribution in [-0.2, 0) is 0 Å². The SMILES string of the molecule is NNc1ncc(Br)c(Oc2cc(Cl)ccc2[N+](=O)[O-])n1. The fourth-order valence-corrected chi connectivity index (χ4v) is 1.75. The Labute approximate surface area is 126 Å². The molecular weight excluding hydrogens is 353 g/mol. The first-order chi connectivity index (χ1) is 9.51. The van der Waals surface area contributed by atoms with Crippen molar-refractivity contribution in [2.24, 2.45) is 5.84 Å². The van der Waals surface area contributed by atoms with E-state index in [-0.39, 0.29) is 23.3 Å². The number of hydrogen-bond acceptors (Lipinski definition) is 7. The summed E-state index contributed by atoms with van der Waals surface area (Å²) in [6, 6.07) is 3.97. The lowest BCUT2D eigenvalue weighted by Gasteiger charge is -2.08. The topological polar surface area (TPSA) is 116 Å². The van der Waals surface area contributed by atoms with Crippen molar-refractivity contribution >= 4 is 39.2 Å². The standard InChI is InChI=1S/C10H7BrClN5O3/c11-6-4-14-10(16-13)15-9(6)20-8-3-5(12)1-2-7(8)17(18)19/h1-4H,13H2,(H,14,15,16). The van der Waals surface area contributed by atoms with Crippen molar-refractivity contribution in [2.45, 2.75) is 0 Å². The minimum atomic E-state index is -0.581. The summed E-state index contributed by atoms with van der Waals surface area (Å²) in [5.41, 5.74) is 2.01. The molecule has 8 nitrogen and oxygen atoms in total. The number of nitrogen functional groups attached to an aromatic ring is 1. The highest BCUT2D eigenvalue weighted by atomic mass is 79.9. The van der Waals surface area contributed by atoms with Gasteiger partial charge in [0.25, 0.3) is 0 Å². The van der Waals surface area contributed by atoms with Crippen LogP contribution >= 0.6 is 27.5 Å². The second-order valence-electron chi connectivity index (χ2n) is 3.46. The molecule has 0 aliphatic rings. The Hall–Kier alpha value is -1.97. The molecule has 2 aromatic rings. The molecule has 1 aromatic carbocycles. The molecule has 3 N–H and O–H groups in total. The van der Waals surface area contributed by atoms with Gasteiger partial charge in [-0.2, -0.15) is 4.98 Å². The zero-order chi connectivity index (χ0) is 14.7. The smallest absolute Gasteiger partial charge is 0.311 e. The second kappa shape index (κ2) is 5.99. The van der Waals surface area contributed by atoms with E-state index in [1.807, 2.05) is 0 Å². The predicted octanol–water partition coefficient (Wildman–Crippen LogP) is 2.88. The number of rotatable bonds is 4. The lowest BCUT2D eigenvalue weighted by molar-refractivity contribution is -0.385. The Kier molecular flexibility index (Phi) is 4.32. The molecule has 0 fully saturated rings. The van der Waals surface area contributed by atoms with Gasteiger partial charge in [0, 0.05) is 17.2 Å². The van der Waals surface area contributed by atoms with Crippen LogP contribution in [0.3, 0.4) is 0 Å². The summed E-state index contributed by atoms with van der Waals surface area (Å²) < 4.78 is 5.81. The summed E-state index contributed by atoms with van der Waals surface area (Å²) >= 11 is 8.98. The molecule has 20 heavy (non-hydrogen) atoms. The van der Waals surface area contributed by atoms with Crippen molar-refractivity contribution in [1.82, 2.24) is 9.97 Å². The van der Waals surface area contributed by atoms with Gasteiger partial charge in [0.05, 0.1) is 15.6 Å². The number of hydrazine groups is 1. The summed E-state index contributed by atoms with van der Waals surface area (Å²) in [4.78, 5) is 18.1. The number of nitrogens with two attached hydrogens (primary N) is 1. The maximum absolute atomic E-state index is 10.9. The Morgan fingerprint density at radius 3 is 2.90 bits per heavy atom. The minimum Gasteiger partial charge on any atom is -0.430 e. The van der Waals surface area contributed by atoms with Gasteiger partial charge in [-0.15, -0.1) is 0 Å². The molecular formula is C10H7BrClN5O3. The monoisotopic (exact) mass is 359 g/mol. The maximum atomic E-state index is 10.9. The van der Waals surface area contributed by atoms with Crippen molar-refractivity contribution in [3.8, 4) is 11.6 Å². The van der Waals surface area contributed by atoms with E-state index in [1.165, 1.54) is 24.4 Å². The van der Waals surface area contributed by atoms with Crippen LogP contribution in [0.25, 0.3) is 0 Å². The van der Waals surface area contributed by atoms with Crippen LogP contribution in [0, 0.1) is 10.1 Å². The highest BCUT2D eigenvalue weighted by Crippen LogP contribution is 2.35. The van der Waals surface area contributed by atoms with Gasteiger partial charge in [0.1, 0.15) is 0 Å². The first-order valence-electron chi connectivity index (χ1n) is 5.12. The Morgan fingerprint density at radius 2 is 2.25 bits per heavy atom. The number of benzene rings is 1. The van der Waals surface area contributed by atoms with Crippen molar-refractivity contribution in [1.29, 1.82) is 0 Å². The summed E-state index contributed by atoms with van der Waals surface area (Å²) in [5.74, 6) is 5.32. The van der Waals surface area contributed by atoms with E-state index in [0.29, 0.717) is 9.50 Å². The van der Waals surface area contributed by atoms with E-state index >= 15 is 0 Å². The number of halogens is 2. The van der Waals surface area contributed by atoms with Gasteiger partial charge >= 0.3 is 5.69 Å². The lowest BCUT2D eigenvalue weighted by Crippen LogP contribution is -2.10. The van der Waals surface area contributed by atoms with Crippen LogP contribution in [0.1, 0.15) is 0 Å². The number of nitro groups is 1. The number of nitrogens with one attached hydrogen (secondary N) is 1. The van der Waals surface area contributed by atoms with Crippen LogP contribution in [0.2, 0.25) is 5.02 Å². The number of ether oxygens (including phenoxy) is 1. The van der Waals surface area contributed by atoms with E-state index < -0.39 is 4.92 Å². The number of nitro benzene ring substituents is 1. The molecule has 1 aromatic heterocycles. The summed E-state index contributed by atoms with van der Waals surface area (Å²) in [7, 11) is 0. The number of hydrogen-bond donors (Lipinski definition) is 2. The van der Waals surface area contributed by atoms with Crippen LogP contribution in [0.4, 0.5) is 11.6 Å². The zero-order valence-corrected chi connectivity index (χ0v) is 12.1. The molecule has 0 spiro atoms. The summed E-state index contributed by atoms with van der Waals surface area (Å²) in [6.45, 7) is 0. The molecule has 0 atom stereocenters. The van der Waals surface area contributed by atoms with Gasteiger partial charge in [-0.1, -0.05) is 11.6 Å². The van der Waals surface area contributed by atoms with Crippen molar-refractivity contribution in [3.05, 3.63) is 44.0 Å². The van der Waals surface area contributed by atoms with Gasteiger partial charge in [-0.05, 0) is 22.0 Å². The minimum absolute atomic E-state index is 0.0372. The molecule has 0 unspecified atom stereocenters. The molecule has 0 saturated heterocycles. The van der Waals surface area contributed by atoms with Crippen LogP contribution in [0.5, 0.6) is 11.6 Å². The molecule has 0 radical (unpaired) electrons. The highest BCUT2D eigenvalue weighted by molar-refractivity contribution is 9.10. The fraction of sp³-hybridized carbons (Fsp3) is 0. The van der Waals surface area contributed by atoms with Crippen LogP contribution in [0.15, 0.2) is 28.9 Å². The quantitative estimate of drug-likeness (QED) is 0.489. The summed E-state index contributed by atoms with van der Waals surface area (Å²) in [5, 5.41) is 11.2. The van der Waals surface area contributed by atoms with E-state index in [2.05, 4.69) is 31.3 Å². The van der Waals surface area contributed by atoms with E-state index in [0.717, 1.165) is 0 Å². The molecule has 0 aliphatic heterocycles. The number of aromatic nitrogens is 2. The molecule has 1 heterocycles. The van der Waals surface area contributed by atoms with Crippen molar-refractivity contribution in [3.63, 3.8) is 0 Å². The molecule has 0 saturated carbocycles. The number of nitrogens with zero attached hydrogens (tertiary/aromatic N) is 3. The van der Waals surface area contributed by atoms with Crippen LogP contribution in [-0.4, -0.2) is 14.9 Å². The fourth-order valence-electron chi connectivity index (χ4n) is 1.32. The van der Waals surface area contributed by atoms with Crippen molar-refractivity contribution in [2.75, 3.05) is 5.43 Å². The normalized spacial score (nSPS) is 10.2. The number of anilines is 1. The first kappa shape index (κ1) is 14.4. The molecule has 0 amide bonds. The van der Waals surface area contributed by atoms with Gasteiger partial charge < -0.3 is 4.74 Å². The molecule has 104 valence electrons. The highest BCUT2D eigenvalue weighted by Gasteiger charge is 2.18. The third-order valence-corrected chi connectivity index (χ3v) is 2.95. The van der Waals surface area contributed by atoms with Gasteiger partial charge in [0.15, 0.2) is 0 Å². The Bertz CT molecular complexity index is 669. The van der Waals surface area contributed by atoms with E-state index in [4.69, 9.17) is 22.2 Å².